The van der Waals surface area contributed by atoms with E-state index in [9.17, 15) is 38.4 Å². The van der Waals surface area contributed by atoms with Crippen LogP contribution in [0.1, 0.15) is 159 Å². The molecule has 15 rings (SSSR count). The van der Waals surface area contributed by atoms with Crippen LogP contribution in [0.5, 0.6) is 46.0 Å². The minimum atomic E-state index is -6.08. The van der Waals surface area contributed by atoms with Crippen LogP contribution >= 0.6 is 0 Å². The van der Waals surface area contributed by atoms with Crippen molar-refractivity contribution in [2.75, 3.05) is 23.9 Å². The van der Waals surface area contributed by atoms with Crippen molar-refractivity contribution < 1.29 is 83.6 Å². The summed E-state index contributed by atoms with van der Waals surface area (Å²) < 4.78 is 115. The third kappa shape index (κ3) is 18.2. The van der Waals surface area contributed by atoms with Crippen LogP contribution in [0.15, 0.2) is 255 Å². The molecular weight excluding hydrogens is 1640 g/mol. The number of hydrogen-bond donors (Lipinski definition) is 0. The van der Waals surface area contributed by atoms with E-state index in [0.717, 1.165) is 96.5 Å². The average molecular weight is 1740 g/mol. The monoisotopic (exact) mass is 1740 g/mol. The van der Waals surface area contributed by atoms with Crippen molar-refractivity contribution in [2.24, 2.45) is 11.8 Å². The highest BCUT2D eigenvalue weighted by Crippen LogP contribution is 2.57. The number of aryl methyl sites for hydroxylation is 2. The Morgan fingerprint density at radius 1 is 0.325 bits per heavy atom. The summed E-state index contributed by atoms with van der Waals surface area (Å²) in [7, 11) is -0.760. The van der Waals surface area contributed by atoms with E-state index in [2.05, 4.69) is 109 Å². The van der Waals surface area contributed by atoms with Crippen molar-refractivity contribution in [2.45, 2.75) is 153 Å². The van der Waals surface area contributed by atoms with Crippen molar-refractivity contribution >= 4 is 85.2 Å². The molecule has 0 spiro atoms. The molecule has 4 aliphatic heterocycles. The zero-order valence-electron chi connectivity index (χ0n) is 72.2. The normalized spacial score (nSPS) is 15.8. The molecule has 0 N–H and O–H groups in total. The van der Waals surface area contributed by atoms with Gasteiger partial charge in [0, 0.05) is 49.6 Å². The Bertz CT molecular complexity index is 5950. The van der Waals surface area contributed by atoms with E-state index in [0.29, 0.717) is 81.3 Å². The number of unbranched alkanes of at least 4 members (excludes halogenated alkanes) is 1. The molecule has 126 heavy (non-hydrogen) atoms. The van der Waals surface area contributed by atoms with E-state index >= 15 is 26.3 Å². The molecule has 0 radical (unpaired) electrons. The van der Waals surface area contributed by atoms with E-state index in [1.54, 1.807) is 31.3 Å². The number of nitrogens with zero attached hydrogens (tertiary/aromatic N) is 4. The number of amides is 8. The van der Waals surface area contributed by atoms with Crippen molar-refractivity contribution in [3.63, 3.8) is 0 Å². The molecule has 16 nitrogen and oxygen atoms in total. The molecule has 0 saturated carbocycles. The number of carbonyl (C=O) groups excluding carboxylic acids is 8. The van der Waals surface area contributed by atoms with E-state index in [4.69, 9.17) is 18.9 Å². The van der Waals surface area contributed by atoms with Crippen LogP contribution in [0, 0.1) is 25.7 Å². The van der Waals surface area contributed by atoms with Gasteiger partial charge in [-0.1, -0.05) is 216 Å². The van der Waals surface area contributed by atoms with E-state index < -0.39 is 90.8 Å². The number of hydrogen-bond acceptors (Lipinski definition) is 12. The summed E-state index contributed by atoms with van der Waals surface area (Å²) in [6.07, 6.45) is -7.15. The zero-order valence-corrected chi connectivity index (χ0v) is 74.2. The first kappa shape index (κ1) is 89.5. The molecule has 2 fully saturated rings. The molecule has 24 heteroatoms. The second-order valence-corrected chi connectivity index (χ2v) is 45.1. The molecule has 11 aromatic rings. The largest absolute Gasteiger partial charge is 0.457 e. The number of carbonyl (C=O) groups is 8. The lowest BCUT2D eigenvalue weighted by Gasteiger charge is -2.38. The summed E-state index contributed by atoms with van der Waals surface area (Å²) in [5.41, 5.74) is -3.05. The Hall–Kier alpha value is -12.8. The fourth-order valence-corrected chi connectivity index (χ4v) is 22.1. The molecule has 8 amide bonds. The summed E-state index contributed by atoms with van der Waals surface area (Å²) in [6, 6.07) is 75.0. The van der Waals surface area contributed by atoms with E-state index in [1.165, 1.54) is 55.6 Å². The Balaban J connectivity index is 0.000000205. The third-order valence-electron chi connectivity index (χ3n) is 25.3. The Morgan fingerprint density at radius 3 is 0.984 bits per heavy atom. The Labute approximate surface area is 731 Å². The quantitative estimate of drug-likeness (QED) is 0.0205. The first-order valence-corrected chi connectivity index (χ1v) is 48.4. The topological polar surface area (TPSA) is 186 Å². The molecule has 2 unspecified atom stereocenters. The predicted molar refractivity (Wildman–Crippen MR) is 479 cm³/mol. The van der Waals surface area contributed by atoms with Gasteiger partial charge in [0.15, 0.2) is 0 Å². The fourth-order valence-electron chi connectivity index (χ4n) is 17.1. The van der Waals surface area contributed by atoms with Gasteiger partial charge < -0.3 is 18.9 Å². The standard InChI is InChI=1S/C54H64N2O6Si2.C48H34F6N2O6/c1-38-14-22-44(23-15-38)61-45-24-16-41(17-25-45)54(2,3)42-18-26-46(27-19-42)62-47-28-20-43(21-29-47)56-51(58)37-40(53(56)60)12-9-10-34-63(5,6)48-30-32-49(33-31-48)64(7,8)35-11-13-39-36-50(57)55(4)52(39)59;1-27-5-15-33(16-6-27)61-34-17-7-28(8-18-34)45(2,3)29-9-19-35(20-10-29)62-36-21-13-32(14-22-36)56-43(59)38-24-12-31(26-40(38)44(56)60)46(47(49,50)51,48(52,53)54)30-11-23-37-39(25-30)42(58)55(4)41(37)57/h14-33,39-40H,9-13,34-37H2,1-8H3;5-26H,1-4H3. The maximum atomic E-state index is 15.1. The van der Waals surface area contributed by atoms with Gasteiger partial charge in [-0.2, -0.15) is 26.3 Å². The number of imide groups is 4. The van der Waals surface area contributed by atoms with Crippen LogP contribution in [-0.2, 0) is 35.4 Å². The van der Waals surface area contributed by atoms with Crippen LogP contribution < -0.4 is 39.1 Å². The van der Waals surface area contributed by atoms with Gasteiger partial charge in [0.05, 0.1) is 49.8 Å². The second kappa shape index (κ2) is 35.3. The fraction of sp³-hybridized carbons (Fsp3) is 0.275. The van der Waals surface area contributed by atoms with Crippen LogP contribution in [0.25, 0.3) is 0 Å². The van der Waals surface area contributed by atoms with Crippen molar-refractivity contribution in [3.8, 4) is 46.0 Å². The van der Waals surface area contributed by atoms with Gasteiger partial charge in [-0.3, -0.25) is 53.1 Å². The third-order valence-corrected chi connectivity index (χ3v) is 32.3. The number of halogens is 6. The molecule has 648 valence electrons. The summed E-state index contributed by atoms with van der Waals surface area (Å²) in [5.74, 6) is 0.288. The molecule has 0 aromatic heterocycles. The van der Waals surface area contributed by atoms with Gasteiger partial charge in [-0.05, 0) is 206 Å². The lowest BCUT2D eigenvalue weighted by Crippen LogP contribution is -2.55. The van der Waals surface area contributed by atoms with Crippen molar-refractivity contribution in [1.82, 2.24) is 9.80 Å². The molecule has 2 atom stereocenters. The summed E-state index contributed by atoms with van der Waals surface area (Å²) >= 11 is 0. The maximum absolute atomic E-state index is 15.1. The highest BCUT2D eigenvalue weighted by atomic mass is 28.3. The van der Waals surface area contributed by atoms with Crippen molar-refractivity contribution in [3.05, 3.63) is 322 Å². The Morgan fingerprint density at radius 2 is 0.619 bits per heavy atom. The number of fused-ring (bicyclic) bond motifs is 2. The number of ether oxygens (including phenoxy) is 4. The van der Waals surface area contributed by atoms with Crippen LogP contribution in [0.2, 0.25) is 38.3 Å². The molecule has 4 heterocycles. The van der Waals surface area contributed by atoms with E-state index in [1.807, 2.05) is 128 Å². The van der Waals surface area contributed by atoms with E-state index in [-0.39, 0.29) is 58.6 Å². The maximum Gasteiger partial charge on any atom is 0.411 e. The first-order chi connectivity index (χ1) is 59.6. The number of alkyl halides is 6. The molecule has 0 aliphatic carbocycles. The van der Waals surface area contributed by atoms with Gasteiger partial charge in [0.1, 0.15) is 46.0 Å². The zero-order chi connectivity index (χ0) is 90.3. The predicted octanol–water partition coefficient (Wildman–Crippen LogP) is 22.6. The van der Waals surface area contributed by atoms with Crippen LogP contribution in [0.3, 0.4) is 0 Å². The van der Waals surface area contributed by atoms with Gasteiger partial charge in [-0.25, -0.2) is 4.90 Å². The number of likely N-dealkylation sites (tertiary alicyclic amines) is 1. The minimum Gasteiger partial charge on any atom is -0.457 e. The average Bonchev–Trinajstić information content (AvgIpc) is 1.23. The van der Waals surface area contributed by atoms with Gasteiger partial charge in [0.25, 0.3) is 23.6 Å². The molecular formula is C102H98F6N4O12Si2. The lowest BCUT2D eigenvalue weighted by molar-refractivity contribution is -0.288. The summed E-state index contributed by atoms with van der Waals surface area (Å²) in [4.78, 5) is 107. The summed E-state index contributed by atoms with van der Waals surface area (Å²) in [6.45, 7) is 22.3. The van der Waals surface area contributed by atoms with Gasteiger partial charge >= 0.3 is 12.4 Å². The molecule has 11 aromatic carbocycles. The van der Waals surface area contributed by atoms with Crippen LogP contribution in [-0.4, -0.2) is 99.7 Å². The lowest BCUT2D eigenvalue weighted by atomic mass is 9.71. The second-order valence-electron chi connectivity index (χ2n) is 35.4. The number of anilines is 2. The SMILES string of the molecule is Cc1ccc(Oc2ccc(C(C)(C)c3ccc(Oc4ccc(N5C(=O)CC(CCCC[Si](C)(C)c6ccc([Si](C)(C)CCCC7CC(=O)N(C)C7=O)cc6)C5=O)cc4)cc3)cc2)cc1.Cc1ccc(Oc2ccc(C(C)(C)c3ccc(Oc4ccc(N5C(=O)c6ccc(C(c7ccc8c(c7)C(=O)N(C)C8=O)(C(F)(F)F)C(F)(F)F)cc6C5=O)cc4)cc3)cc2)cc1. The van der Waals surface area contributed by atoms with Crippen LogP contribution in [0.4, 0.5) is 37.7 Å². The number of rotatable bonds is 27. The van der Waals surface area contributed by atoms with Crippen molar-refractivity contribution in [1.29, 1.82) is 0 Å². The van der Waals surface area contributed by atoms with Gasteiger partial charge in [-0.15, -0.1) is 0 Å². The summed E-state index contributed by atoms with van der Waals surface area (Å²) in [5, 5.41) is 2.87. The highest BCUT2D eigenvalue weighted by molar-refractivity contribution is 6.91. The van der Waals surface area contributed by atoms with Gasteiger partial charge in [0.2, 0.25) is 29.0 Å². The highest BCUT2D eigenvalue weighted by Gasteiger charge is 2.73. The number of benzene rings is 11. The minimum absolute atomic E-state index is 0.0127. The first-order valence-electron chi connectivity index (χ1n) is 42.0. The Kier molecular flexibility index (Phi) is 25.1. The molecule has 4 aliphatic rings. The molecule has 0 bridgehead atoms. The molecule has 2 saturated heterocycles. The smallest absolute Gasteiger partial charge is 0.411 e.